The molecule has 2 aromatic rings. The second kappa shape index (κ2) is 8.84. The summed E-state index contributed by atoms with van der Waals surface area (Å²) in [6, 6.07) is 14.8. The first-order chi connectivity index (χ1) is 12.0. The fourth-order valence-corrected chi connectivity index (χ4v) is 2.30. The summed E-state index contributed by atoms with van der Waals surface area (Å²) in [5.41, 5.74) is 2.97. The monoisotopic (exact) mass is 342 g/mol. The lowest BCUT2D eigenvalue weighted by atomic mass is 10.1. The van der Waals surface area contributed by atoms with Crippen molar-refractivity contribution in [1.29, 1.82) is 0 Å². The lowest BCUT2D eigenvalue weighted by molar-refractivity contribution is -0.114. The van der Waals surface area contributed by atoms with Gasteiger partial charge in [0.25, 0.3) is 0 Å². The Morgan fingerprint density at radius 3 is 2.44 bits per heavy atom. The van der Waals surface area contributed by atoms with Crippen LogP contribution in [0.25, 0.3) is 0 Å². The van der Waals surface area contributed by atoms with E-state index in [4.69, 9.17) is 9.47 Å². The Kier molecular flexibility index (Phi) is 6.54. The molecule has 0 spiro atoms. The molecule has 2 rings (SSSR count). The minimum Gasteiger partial charge on any atom is -0.446 e. The van der Waals surface area contributed by atoms with Crippen LogP contribution in [0, 0.1) is 6.92 Å². The predicted molar refractivity (Wildman–Crippen MR) is 96.6 cm³/mol. The van der Waals surface area contributed by atoms with Gasteiger partial charge in [0, 0.05) is 25.4 Å². The third-order valence-corrected chi connectivity index (χ3v) is 3.62. The minimum atomic E-state index is -0.582. The van der Waals surface area contributed by atoms with Crippen molar-refractivity contribution in [3.63, 3.8) is 0 Å². The maximum atomic E-state index is 12.1. The van der Waals surface area contributed by atoms with Crippen LogP contribution in [0.4, 0.5) is 16.2 Å². The van der Waals surface area contributed by atoms with E-state index in [-0.39, 0.29) is 18.6 Å². The summed E-state index contributed by atoms with van der Waals surface area (Å²) in [5, 5.41) is 5.36. The summed E-state index contributed by atoms with van der Waals surface area (Å²) in [7, 11) is 1.57. The van der Waals surface area contributed by atoms with Crippen molar-refractivity contribution in [3.05, 3.63) is 59.7 Å². The molecule has 0 fully saturated rings. The van der Waals surface area contributed by atoms with Crippen molar-refractivity contribution in [2.45, 2.75) is 20.0 Å². The fraction of sp³-hybridized carbons (Fsp3) is 0.263. The van der Waals surface area contributed by atoms with Crippen molar-refractivity contribution >= 4 is 23.4 Å². The number of carbonyl (C=O) groups excluding carboxylic acids is 2. The number of carbonyl (C=O) groups is 2. The highest BCUT2D eigenvalue weighted by molar-refractivity contribution is 5.91. The topological polar surface area (TPSA) is 76.7 Å². The van der Waals surface area contributed by atoms with Gasteiger partial charge in [-0.1, -0.05) is 36.4 Å². The number of methoxy groups -OCH3 is 1. The van der Waals surface area contributed by atoms with Crippen LogP contribution in [0.1, 0.15) is 24.2 Å². The zero-order chi connectivity index (χ0) is 18.2. The van der Waals surface area contributed by atoms with Crippen molar-refractivity contribution in [2.75, 3.05) is 24.4 Å². The van der Waals surface area contributed by atoms with E-state index < -0.39 is 6.09 Å². The molecule has 0 radical (unpaired) electrons. The molecule has 0 aliphatic heterocycles. The smallest absolute Gasteiger partial charge is 0.411 e. The molecule has 2 aromatic carbocycles. The second-order valence-electron chi connectivity index (χ2n) is 5.57. The van der Waals surface area contributed by atoms with Gasteiger partial charge in [-0.05, 0) is 30.2 Å². The third kappa shape index (κ3) is 5.61. The summed E-state index contributed by atoms with van der Waals surface area (Å²) < 4.78 is 10.6. The molecular weight excluding hydrogens is 320 g/mol. The summed E-state index contributed by atoms with van der Waals surface area (Å²) in [5.74, 6) is -0.178. The molecule has 6 heteroatoms. The summed E-state index contributed by atoms with van der Waals surface area (Å²) >= 11 is 0. The highest BCUT2D eigenvalue weighted by Gasteiger charge is 2.14. The molecule has 0 saturated heterocycles. The standard InChI is InChI=1S/C19H22N2O4/c1-13-9-10-16(20-14(2)22)11-17(13)21-19(23)25-12-18(24-3)15-7-5-4-6-8-15/h4-11,18H,12H2,1-3H3,(H,20,22)(H,21,23). The van der Waals surface area contributed by atoms with Gasteiger partial charge >= 0.3 is 6.09 Å². The lowest BCUT2D eigenvalue weighted by Crippen LogP contribution is -2.19. The molecule has 0 saturated carbocycles. The van der Waals surface area contributed by atoms with Gasteiger partial charge < -0.3 is 14.8 Å². The Labute approximate surface area is 147 Å². The van der Waals surface area contributed by atoms with Gasteiger partial charge in [-0.25, -0.2) is 4.79 Å². The van der Waals surface area contributed by atoms with E-state index in [9.17, 15) is 9.59 Å². The molecule has 0 aliphatic carbocycles. The number of aryl methyl sites for hydroxylation is 1. The van der Waals surface area contributed by atoms with Crippen LogP contribution < -0.4 is 10.6 Å². The number of benzene rings is 2. The van der Waals surface area contributed by atoms with E-state index in [1.54, 1.807) is 19.2 Å². The summed E-state index contributed by atoms with van der Waals surface area (Å²) in [4.78, 5) is 23.2. The number of hydrogen-bond acceptors (Lipinski definition) is 4. The summed E-state index contributed by atoms with van der Waals surface area (Å²) in [6.45, 7) is 3.38. The van der Waals surface area contributed by atoms with Crippen molar-refractivity contribution in [1.82, 2.24) is 0 Å². The number of nitrogens with one attached hydrogen (secondary N) is 2. The molecule has 0 aromatic heterocycles. The van der Waals surface area contributed by atoms with E-state index >= 15 is 0 Å². The highest BCUT2D eigenvalue weighted by Crippen LogP contribution is 2.21. The van der Waals surface area contributed by atoms with Crippen LogP contribution in [0.5, 0.6) is 0 Å². The highest BCUT2D eigenvalue weighted by atomic mass is 16.6. The fourth-order valence-electron chi connectivity index (χ4n) is 2.30. The Morgan fingerprint density at radius 1 is 1.08 bits per heavy atom. The largest absolute Gasteiger partial charge is 0.446 e. The van der Waals surface area contributed by atoms with Crippen LogP contribution >= 0.6 is 0 Å². The first-order valence-electron chi connectivity index (χ1n) is 7.89. The van der Waals surface area contributed by atoms with Crippen LogP contribution in [-0.4, -0.2) is 25.7 Å². The normalized spacial score (nSPS) is 11.5. The molecule has 6 nitrogen and oxygen atoms in total. The summed E-state index contributed by atoms with van der Waals surface area (Å²) in [6.07, 6.45) is -0.917. The number of ether oxygens (including phenoxy) is 2. The molecule has 0 heterocycles. The predicted octanol–water partition coefficient (Wildman–Crippen LogP) is 3.89. The van der Waals surface area contributed by atoms with E-state index in [2.05, 4.69) is 10.6 Å². The van der Waals surface area contributed by atoms with Crippen molar-refractivity contribution in [2.24, 2.45) is 0 Å². The molecule has 0 aliphatic rings. The van der Waals surface area contributed by atoms with Crippen LogP contribution in [0.3, 0.4) is 0 Å². The number of amides is 2. The Hall–Kier alpha value is -2.86. The van der Waals surface area contributed by atoms with Gasteiger partial charge in [0.15, 0.2) is 0 Å². The minimum absolute atomic E-state index is 0.0940. The van der Waals surface area contributed by atoms with Gasteiger partial charge in [0.2, 0.25) is 5.91 Å². The first kappa shape index (κ1) is 18.5. The van der Waals surface area contributed by atoms with E-state index in [0.717, 1.165) is 11.1 Å². The van der Waals surface area contributed by atoms with Gasteiger partial charge in [-0.15, -0.1) is 0 Å². The zero-order valence-corrected chi connectivity index (χ0v) is 14.5. The van der Waals surface area contributed by atoms with Crippen molar-refractivity contribution in [3.8, 4) is 0 Å². The van der Waals surface area contributed by atoms with Gasteiger partial charge in [0.1, 0.15) is 12.7 Å². The van der Waals surface area contributed by atoms with Crippen molar-refractivity contribution < 1.29 is 19.1 Å². The quantitative estimate of drug-likeness (QED) is 0.835. The maximum absolute atomic E-state index is 12.1. The molecule has 0 bridgehead atoms. The molecule has 132 valence electrons. The number of rotatable bonds is 6. The number of hydrogen-bond donors (Lipinski definition) is 2. The molecule has 2 N–H and O–H groups in total. The molecule has 25 heavy (non-hydrogen) atoms. The SMILES string of the molecule is COC(COC(=O)Nc1cc(NC(C)=O)ccc1C)c1ccccc1. The third-order valence-electron chi connectivity index (χ3n) is 3.62. The van der Waals surface area contributed by atoms with E-state index in [1.807, 2.05) is 43.3 Å². The molecule has 1 unspecified atom stereocenters. The van der Waals surface area contributed by atoms with Gasteiger partial charge in [0.05, 0.1) is 0 Å². The van der Waals surface area contributed by atoms with Gasteiger partial charge in [-0.2, -0.15) is 0 Å². The molecular formula is C19H22N2O4. The average Bonchev–Trinajstić information content (AvgIpc) is 2.59. The first-order valence-corrected chi connectivity index (χ1v) is 7.89. The van der Waals surface area contributed by atoms with Crippen LogP contribution in [0.15, 0.2) is 48.5 Å². The average molecular weight is 342 g/mol. The molecule has 2 amide bonds. The van der Waals surface area contributed by atoms with Gasteiger partial charge in [-0.3, -0.25) is 10.1 Å². The van der Waals surface area contributed by atoms with Crippen LogP contribution in [0.2, 0.25) is 0 Å². The van der Waals surface area contributed by atoms with Crippen LogP contribution in [-0.2, 0) is 14.3 Å². The zero-order valence-electron chi connectivity index (χ0n) is 14.5. The van der Waals surface area contributed by atoms with E-state index in [0.29, 0.717) is 11.4 Å². The Bertz CT molecular complexity index is 731. The lowest BCUT2D eigenvalue weighted by Gasteiger charge is -2.17. The van der Waals surface area contributed by atoms with E-state index in [1.165, 1.54) is 6.92 Å². The Morgan fingerprint density at radius 2 is 1.80 bits per heavy atom. The number of anilines is 2. The molecule has 1 atom stereocenters. The second-order valence-corrected chi connectivity index (χ2v) is 5.57. The Balaban J connectivity index is 1.96. The maximum Gasteiger partial charge on any atom is 0.411 e.